The van der Waals surface area contributed by atoms with E-state index in [0.29, 0.717) is 0 Å². The van der Waals surface area contributed by atoms with Crippen LogP contribution in [0.25, 0.3) is 0 Å². The molecule has 0 nitrogen and oxygen atoms in total. The predicted molar refractivity (Wildman–Crippen MR) is 39.5 cm³/mol. The molecular weight excluding hydrogens is 157 g/mol. The van der Waals surface area contributed by atoms with Crippen molar-refractivity contribution in [3.05, 3.63) is 0 Å². The fourth-order valence-corrected chi connectivity index (χ4v) is 1.06. The molecule has 4 heteroatoms. The maximum absolute atomic E-state index is 12.3. The average molecular weight is 170 g/mol. The van der Waals surface area contributed by atoms with Crippen LogP contribution in [0, 0.1) is 0 Å². The molecule has 0 aromatic rings. The highest BCUT2D eigenvalue weighted by Crippen LogP contribution is 2.29. The van der Waals surface area contributed by atoms with Crippen molar-refractivity contribution in [1.82, 2.24) is 0 Å². The van der Waals surface area contributed by atoms with Crippen molar-refractivity contribution in [3.8, 4) is 0 Å². The Morgan fingerprint density at radius 1 is 1.30 bits per heavy atom. The van der Waals surface area contributed by atoms with Gasteiger partial charge in [-0.25, -0.2) is 13.2 Å². The van der Waals surface area contributed by atoms with E-state index in [-0.39, 0.29) is 11.5 Å². The number of alkyl halides is 3. The summed E-state index contributed by atoms with van der Waals surface area (Å²) in [5, 5.41) is -0.212. The van der Waals surface area contributed by atoms with Crippen molar-refractivity contribution in [2.45, 2.75) is 37.9 Å². The van der Waals surface area contributed by atoms with E-state index in [9.17, 15) is 13.2 Å². The Labute approximate surface area is 62.2 Å². The van der Waals surface area contributed by atoms with Crippen LogP contribution in [0.2, 0.25) is 5.04 Å². The van der Waals surface area contributed by atoms with Gasteiger partial charge < -0.3 is 0 Å². The normalized spacial score (nSPS) is 16.2. The van der Waals surface area contributed by atoms with Crippen LogP contribution in [0.3, 0.4) is 0 Å². The van der Waals surface area contributed by atoms with E-state index >= 15 is 0 Å². The van der Waals surface area contributed by atoms with Crippen molar-refractivity contribution in [2.24, 2.45) is 0 Å². The van der Waals surface area contributed by atoms with Crippen molar-refractivity contribution >= 4 is 10.2 Å². The number of halogens is 3. The molecule has 0 aliphatic rings. The van der Waals surface area contributed by atoms with Crippen LogP contribution in [0.4, 0.5) is 13.2 Å². The quantitative estimate of drug-likeness (QED) is 0.564. The van der Waals surface area contributed by atoms with Gasteiger partial charge in [0.15, 0.2) is 6.17 Å². The summed E-state index contributed by atoms with van der Waals surface area (Å²) in [4.78, 5) is 0. The summed E-state index contributed by atoms with van der Waals surface area (Å²) in [5.41, 5.74) is 0. The SMILES string of the molecule is CC(C)([SiH3])CC(F)C(F)F. The van der Waals surface area contributed by atoms with E-state index in [0.717, 1.165) is 10.2 Å². The highest BCUT2D eigenvalue weighted by molar-refractivity contribution is 6.14. The summed E-state index contributed by atoms with van der Waals surface area (Å²) in [5.74, 6) is 0. The van der Waals surface area contributed by atoms with Crippen LogP contribution >= 0.6 is 0 Å². The number of rotatable bonds is 3. The minimum absolute atomic E-state index is 0.0170. The summed E-state index contributed by atoms with van der Waals surface area (Å²) in [7, 11) is 0.748. The topological polar surface area (TPSA) is 0 Å². The second kappa shape index (κ2) is 3.41. The Morgan fingerprint density at radius 3 is 1.80 bits per heavy atom. The van der Waals surface area contributed by atoms with Gasteiger partial charge >= 0.3 is 0 Å². The lowest BCUT2D eigenvalue weighted by Crippen LogP contribution is -2.18. The predicted octanol–water partition coefficient (Wildman–Crippen LogP) is 1.54. The van der Waals surface area contributed by atoms with Crippen LogP contribution in [-0.2, 0) is 0 Å². The van der Waals surface area contributed by atoms with Gasteiger partial charge in [-0.3, -0.25) is 0 Å². The maximum Gasteiger partial charge on any atom is 0.269 e. The van der Waals surface area contributed by atoms with Crippen LogP contribution in [0.5, 0.6) is 0 Å². The zero-order chi connectivity index (χ0) is 8.36. The van der Waals surface area contributed by atoms with Gasteiger partial charge in [-0.05, 0) is 11.5 Å². The van der Waals surface area contributed by atoms with Gasteiger partial charge in [0.05, 0.1) is 0 Å². The third-order valence-corrected chi connectivity index (χ3v) is 1.49. The molecule has 0 spiro atoms. The number of hydrogen-bond acceptors (Lipinski definition) is 0. The van der Waals surface area contributed by atoms with Gasteiger partial charge in [-0.2, -0.15) is 0 Å². The lowest BCUT2D eigenvalue weighted by atomic mass is 10.1. The molecule has 0 bridgehead atoms. The van der Waals surface area contributed by atoms with Gasteiger partial charge in [-0.15, -0.1) is 0 Å². The highest BCUT2D eigenvalue weighted by atomic mass is 28.1. The van der Waals surface area contributed by atoms with Crippen molar-refractivity contribution in [3.63, 3.8) is 0 Å². The fraction of sp³-hybridized carbons (Fsp3) is 1.00. The summed E-state index contributed by atoms with van der Waals surface area (Å²) < 4.78 is 35.5. The first kappa shape index (κ1) is 10.0. The molecular formula is C6H13F3Si. The molecule has 0 rings (SSSR count). The Kier molecular flexibility index (Phi) is 3.42. The summed E-state index contributed by atoms with van der Waals surface area (Å²) in [6.07, 6.45) is -4.77. The lowest BCUT2D eigenvalue weighted by Gasteiger charge is -2.19. The lowest BCUT2D eigenvalue weighted by molar-refractivity contribution is 0.0402. The van der Waals surface area contributed by atoms with E-state index in [1.807, 2.05) is 0 Å². The molecule has 0 N–H and O–H groups in total. The molecule has 0 fully saturated rings. The first-order chi connectivity index (χ1) is 4.33. The molecule has 0 radical (unpaired) electrons. The summed E-state index contributed by atoms with van der Waals surface area (Å²) >= 11 is 0. The molecule has 0 aliphatic carbocycles. The molecule has 1 atom stereocenters. The van der Waals surface area contributed by atoms with Crippen LogP contribution in [-0.4, -0.2) is 22.8 Å². The van der Waals surface area contributed by atoms with E-state index < -0.39 is 12.6 Å². The standard InChI is InChI=1S/C6H13F3Si/c1-6(2,10)3-4(7)5(8)9/h4-5H,3H2,1-2,10H3. The molecule has 0 amide bonds. The molecule has 0 heterocycles. The van der Waals surface area contributed by atoms with Gasteiger partial charge in [0.25, 0.3) is 6.43 Å². The molecule has 0 aliphatic heterocycles. The zero-order valence-electron chi connectivity index (χ0n) is 6.50. The number of hydrogen-bond donors (Lipinski definition) is 0. The molecule has 0 aromatic carbocycles. The second-order valence-electron chi connectivity index (χ2n) is 3.62. The van der Waals surface area contributed by atoms with Gasteiger partial charge in [0.1, 0.15) is 0 Å². The average Bonchev–Trinajstić information content (AvgIpc) is 1.60. The smallest absolute Gasteiger partial charge is 0.241 e. The Morgan fingerprint density at radius 2 is 1.70 bits per heavy atom. The third kappa shape index (κ3) is 4.85. The van der Waals surface area contributed by atoms with Crippen molar-refractivity contribution in [1.29, 1.82) is 0 Å². The van der Waals surface area contributed by atoms with E-state index in [2.05, 4.69) is 0 Å². The molecule has 0 saturated heterocycles. The molecule has 10 heavy (non-hydrogen) atoms. The Balaban J connectivity index is 3.68. The monoisotopic (exact) mass is 170 g/mol. The Bertz CT molecular complexity index is 97.7. The van der Waals surface area contributed by atoms with Crippen LogP contribution < -0.4 is 0 Å². The van der Waals surface area contributed by atoms with Gasteiger partial charge in [0.2, 0.25) is 0 Å². The van der Waals surface area contributed by atoms with Gasteiger partial charge in [0, 0.05) is 10.2 Å². The zero-order valence-corrected chi connectivity index (χ0v) is 8.50. The van der Waals surface area contributed by atoms with Crippen molar-refractivity contribution < 1.29 is 13.2 Å². The van der Waals surface area contributed by atoms with Crippen LogP contribution in [0.15, 0.2) is 0 Å². The van der Waals surface area contributed by atoms with E-state index in [1.165, 1.54) is 0 Å². The minimum Gasteiger partial charge on any atom is -0.241 e. The van der Waals surface area contributed by atoms with Crippen LogP contribution in [0.1, 0.15) is 20.3 Å². The first-order valence-corrected chi connectivity index (χ1v) is 4.25. The third-order valence-electron chi connectivity index (χ3n) is 1.08. The van der Waals surface area contributed by atoms with Gasteiger partial charge in [-0.1, -0.05) is 13.8 Å². The Hall–Kier alpha value is 0.00688. The molecule has 1 unspecified atom stereocenters. The minimum atomic E-state index is -2.81. The molecule has 62 valence electrons. The largest absolute Gasteiger partial charge is 0.269 e. The molecule has 0 aromatic heterocycles. The fourth-order valence-electron chi connectivity index (χ4n) is 0.674. The summed E-state index contributed by atoms with van der Waals surface area (Å²) in [6.45, 7) is 3.60. The van der Waals surface area contributed by atoms with E-state index in [1.54, 1.807) is 13.8 Å². The maximum atomic E-state index is 12.3. The first-order valence-electron chi connectivity index (χ1n) is 3.25. The summed E-state index contributed by atoms with van der Waals surface area (Å²) in [6, 6.07) is 0. The van der Waals surface area contributed by atoms with E-state index in [4.69, 9.17) is 0 Å². The van der Waals surface area contributed by atoms with Crippen molar-refractivity contribution in [2.75, 3.05) is 0 Å². The second-order valence-corrected chi connectivity index (χ2v) is 6.32. The molecule has 0 saturated carbocycles. The highest BCUT2D eigenvalue weighted by Gasteiger charge is 2.25.